The summed E-state index contributed by atoms with van der Waals surface area (Å²) in [6.45, 7) is 14.0. The van der Waals surface area contributed by atoms with E-state index in [2.05, 4.69) is 47.6 Å². The van der Waals surface area contributed by atoms with E-state index in [0.717, 1.165) is 50.5 Å². The minimum absolute atomic E-state index is 0.0247. The van der Waals surface area contributed by atoms with E-state index >= 15 is 0 Å². The zero-order valence-corrected chi connectivity index (χ0v) is 34.3. The fourth-order valence-corrected chi connectivity index (χ4v) is 12.9. The summed E-state index contributed by atoms with van der Waals surface area (Å²) in [5.41, 5.74) is 0.352. The third kappa shape index (κ3) is 6.86. The fraction of sp³-hybridized carbons (Fsp3) is 0.562. The molecule has 9 heteroatoms. The molecule has 9 nitrogen and oxygen atoms in total. The number of allylic oxidation sites excluding steroid dienone is 1. The molecule has 0 unspecified atom stereocenters. The highest BCUT2D eigenvalue weighted by atomic mass is 16.5. The van der Waals surface area contributed by atoms with Crippen LogP contribution < -0.4 is 0 Å². The molecule has 2 aromatic rings. The number of carbonyl (C=O) groups is 3. The van der Waals surface area contributed by atoms with Gasteiger partial charge in [0.1, 0.15) is 18.5 Å². The molecule has 0 bridgehead atoms. The first-order valence-electron chi connectivity index (χ1n) is 20.7. The maximum absolute atomic E-state index is 13.6. The van der Waals surface area contributed by atoms with Crippen LogP contribution in [0.15, 0.2) is 66.3 Å². The molecule has 0 spiro atoms. The number of benzene rings is 2. The summed E-state index contributed by atoms with van der Waals surface area (Å²) in [5.74, 6) is -1.65. The molecule has 2 aromatic carbocycles. The van der Waals surface area contributed by atoms with Gasteiger partial charge in [0.25, 0.3) is 0 Å². The lowest BCUT2D eigenvalue weighted by Crippen LogP contribution is -2.67. The van der Waals surface area contributed by atoms with Crippen molar-refractivity contribution in [2.24, 2.45) is 50.2 Å². The van der Waals surface area contributed by atoms with E-state index in [4.69, 9.17) is 9.47 Å². The van der Waals surface area contributed by atoms with Gasteiger partial charge in [0.2, 0.25) is 0 Å². The smallest absolute Gasteiger partial charge is 0.331 e. The number of hydrogen-bond donors (Lipinski definition) is 4. The van der Waals surface area contributed by atoms with Gasteiger partial charge in [0, 0.05) is 23.0 Å². The Bertz CT molecular complexity index is 2010. The zero-order chi connectivity index (χ0) is 41.2. The van der Waals surface area contributed by atoms with Crippen LogP contribution in [0.2, 0.25) is 0 Å². The van der Waals surface area contributed by atoms with Crippen molar-refractivity contribution >= 4 is 30.1 Å². The molecule has 4 N–H and O–H groups in total. The van der Waals surface area contributed by atoms with E-state index in [-0.39, 0.29) is 75.3 Å². The number of fused-ring (bicyclic) bond motifs is 7. The number of carboxylic acids is 1. The number of carboxylic acid groups (broad SMARTS) is 1. The number of hydrogen-bond acceptors (Lipinski definition) is 8. The second kappa shape index (κ2) is 14.4. The van der Waals surface area contributed by atoms with E-state index in [9.17, 15) is 34.8 Å². The third-order valence-electron chi connectivity index (χ3n) is 16.1. The Labute approximate surface area is 336 Å². The van der Waals surface area contributed by atoms with Crippen LogP contribution in [0.3, 0.4) is 0 Å². The molecule has 0 radical (unpaired) electrons. The molecule has 0 aromatic heterocycles. The van der Waals surface area contributed by atoms with Gasteiger partial charge in [-0.1, -0.05) is 71.4 Å². The molecule has 5 aliphatic rings. The van der Waals surface area contributed by atoms with Crippen molar-refractivity contribution in [1.29, 1.82) is 0 Å². The minimum Gasteiger partial charge on any atom is -0.508 e. The molecule has 4 fully saturated rings. The van der Waals surface area contributed by atoms with Gasteiger partial charge in [0.05, 0.1) is 5.41 Å². The molecule has 57 heavy (non-hydrogen) atoms. The van der Waals surface area contributed by atoms with Crippen molar-refractivity contribution < 1.29 is 44.3 Å². The van der Waals surface area contributed by atoms with E-state index in [0.29, 0.717) is 24.8 Å². The van der Waals surface area contributed by atoms with Gasteiger partial charge in [-0.2, -0.15) is 0 Å². The molecular weight excluding hydrogens is 721 g/mol. The van der Waals surface area contributed by atoms with E-state index in [1.807, 2.05) is 0 Å². The lowest BCUT2D eigenvalue weighted by Gasteiger charge is -2.71. The Balaban J connectivity index is 1.20. The predicted molar refractivity (Wildman–Crippen MR) is 218 cm³/mol. The summed E-state index contributed by atoms with van der Waals surface area (Å²) in [6, 6.07) is 11.0. The van der Waals surface area contributed by atoms with E-state index in [1.54, 1.807) is 42.5 Å². The van der Waals surface area contributed by atoms with Crippen LogP contribution in [0.1, 0.15) is 117 Å². The molecule has 4 saturated carbocycles. The molecule has 306 valence electrons. The quantitative estimate of drug-likeness (QED) is 0.0888. The number of ether oxygens (including phenoxy) is 2. The average molecular weight is 781 g/mol. The number of carbonyl (C=O) groups excluding carboxylic acids is 2. The van der Waals surface area contributed by atoms with Crippen LogP contribution in [-0.4, -0.2) is 51.0 Å². The lowest BCUT2D eigenvalue weighted by atomic mass is 9.33. The van der Waals surface area contributed by atoms with Gasteiger partial charge in [-0.05, 0) is 146 Å². The summed E-state index contributed by atoms with van der Waals surface area (Å²) < 4.78 is 12.5. The number of aromatic hydroxyl groups is 3. The van der Waals surface area contributed by atoms with Crippen LogP contribution in [0.4, 0.5) is 0 Å². The zero-order valence-electron chi connectivity index (χ0n) is 34.3. The van der Waals surface area contributed by atoms with E-state index < -0.39 is 22.8 Å². The van der Waals surface area contributed by atoms with Crippen LogP contribution in [-0.2, 0) is 23.9 Å². The predicted octanol–water partition coefficient (Wildman–Crippen LogP) is 9.85. The van der Waals surface area contributed by atoms with Crippen molar-refractivity contribution in [2.45, 2.75) is 112 Å². The Morgan fingerprint density at radius 1 is 0.754 bits per heavy atom. The number of aliphatic carboxylic acids is 1. The standard InChI is InChI=1S/C48H60O9/c1-43(2)23-24-47(42(54)55)25-26-48(29-56-40(52)17-11-31-9-15-35(50)36(51)27-31)33(34(47)28-43)14-16-38-45(5)21-20-39(44(3,4)37(45)19-22-46(38,48)6)57-41(53)18-10-30-7-12-32(49)13-8-30/h7-15,17-18,27,34,37-39,49-51H,16,19-26,28-29H2,1-6H3,(H,54,55)/t34-,37-,38+,39-,45-,46+,47-,48-/m0/s1. The topological polar surface area (TPSA) is 151 Å². The van der Waals surface area contributed by atoms with Crippen LogP contribution in [0, 0.1) is 50.2 Å². The molecule has 7 rings (SSSR count). The maximum Gasteiger partial charge on any atom is 0.331 e. The first-order valence-corrected chi connectivity index (χ1v) is 20.7. The van der Waals surface area contributed by atoms with E-state index in [1.165, 1.54) is 29.9 Å². The van der Waals surface area contributed by atoms with Crippen molar-refractivity contribution in [1.82, 2.24) is 0 Å². The summed E-state index contributed by atoms with van der Waals surface area (Å²) >= 11 is 0. The van der Waals surface area contributed by atoms with Gasteiger partial charge in [-0.3, -0.25) is 4.79 Å². The van der Waals surface area contributed by atoms with Crippen LogP contribution in [0.5, 0.6) is 17.2 Å². The monoisotopic (exact) mass is 780 g/mol. The first kappa shape index (κ1) is 40.7. The number of rotatable bonds is 8. The number of esters is 2. The van der Waals surface area contributed by atoms with Crippen LogP contribution in [0.25, 0.3) is 12.2 Å². The molecule has 0 aliphatic heterocycles. The van der Waals surface area contributed by atoms with Crippen molar-refractivity contribution in [3.63, 3.8) is 0 Å². The van der Waals surface area contributed by atoms with Gasteiger partial charge in [0.15, 0.2) is 11.5 Å². The highest BCUT2D eigenvalue weighted by Crippen LogP contribution is 2.76. The molecule has 0 heterocycles. The molecular formula is C48H60O9. The van der Waals surface area contributed by atoms with Crippen molar-refractivity contribution in [2.75, 3.05) is 6.61 Å². The summed E-state index contributed by atoms with van der Waals surface area (Å²) in [4.78, 5) is 40.1. The first-order chi connectivity index (χ1) is 26.8. The second-order valence-electron chi connectivity index (χ2n) is 19.8. The molecule has 8 atom stereocenters. The van der Waals surface area contributed by atoms with Gasteiger partial charge in [-0.25, -0.2) is 9.59 Å². The van der Waals surface area contributed by atoms with Gasteiger partial charge in [-0.15, -0.1) is 0 Å². The highest BCUT2D eigenvalue weighted by molar-refractivity contribution is 5.88. The Kier molecular flexibility index (Phi) is 10.3. The minimum atomic E-state index is -0.847. The van der Waals surface area contributed by atoms with Crippen molar-refractivity contribution in [3.05, 3.63) is 77.4 Å². The molecule has 0 amide bonds. The Hall–Kier alpha value is -4.53. The number of phenolic OH excluding ortho intramolecular Hbond substituents is 3. The second-order valence-corrected chi connectivity index (χ2v) is 19.8. The summed E-state index contributed by atoms with van der Waals surface area (Å²) in [7, 11) is 0. The van der Waals surface area contributed by atoms with Gasteiger partial charge < -0.3 is 29.9 Å². The molecule has 5 aliphatic carbocycles. The fourth-order valence-electron chi connectivity index (χ4n) is 12.9. The van der Waals surface area contributed by atoms with Gasteiger partial charge >= 0.3 is 17.9 Å². The SMILES string of the molecule is CC1(C)CC[C@]2(C(=O)O)CC[C@]3(COC(=O)C=Cc4ccc(O)c(O)c4)C(=CC[C@@H]4[C@@]5(C)CC[C@H](OC(=O)C=Cc6ccc(O)cc6)C(C)(C)[C@@H]5CC[C@]43C)[C@@H]2C1. The summed E-state index contributed by atoms with van der Waals surface area (Å²) in [5, 5.41) is 40.3. The third-order valence-corrected chi connectivity index (χ3v) is 16.1. The Morgan fingerprint density at radius 2 is 1.42 bits per heavy atom. The normalized spacial score (nSPS) is 35.2. The highest BCUT2D eigenvalue weighted by Gasteiger charge is 2.71. The molecule has 0 saturated heterocycles. The lowest BCUT2D eigenvalue weighted by molar-refractivity contribution is -0.221. The van der Waals surface area contributed by atoms with Crippen LogP contribution >= 0.6 is 0 Å². The Morgan fingerprint density at radius 3 is 2.12 bits per heavy atom. The largest absolute Gasteiger partial charge is 0.508 e. The van der Waals surface area contributed by atoms with Crippen molar-refractivity contribution in [3.8, 4) is 17.2 Å². The number of phenols is 3. The average Bonchev–Trinajstić information content (AvgIpc) is 3.15. The maximum atomic E-state index is 13.6. The summed E-state index contributed by atoms with van der Waals surface area (Å²) in [6.07, 6.45) is 15.8.